The molecule has 60 nitrogen and oxygen atoms in total. The number of carboxylic acids is 2. The molecule has 3 amide bonds. The van der Waals surface area contributed by atoms with Crippen molar-refractivity contribution in [2.45, 2.75) is 83.1 Å². The molecule has 0 fully saturated rings. The number of aromatic nitrogens is 18. The first-order chi connectivity index (χ1) is 67.9. The van der Waals surface area contributed by atoms with Crippen molar-refractivity contribution in [3.8, 4) is 6.07 Å². The number of carboxylic acid groups (broad SMARTS) is 2. The van der Waals surface area contributed by atoms with Gasteiger partial charge >= 0.3 is 73.4 Å². The number of nitriles is 1. The Bertz CT molecular complexity index is 7200. The zero-order valence-corrected chi connectivity index (χ0v) is 89.7. The van der Waals surface area contributed by atoms with Gasteiger partial charge in [0.05, 0.1) is 77.8 Å². The molecular weight excluding hydrogens is 2490 g/mol. The van der Waals surface area contributed by atoms with Crippen molar-refractivity contribution in [2.75, 3.05) is 31.3 Å². The van der Waals surface area contributed by atoms with E-state index in [0.717, 1.165) is 23.8 Å². The molecule has 0 bridgehead atoms. The number of hydrogen-bond donors (Lipinski definition) is 14. The summed E-state index contributed by atoms with van der Waals surface area (Å²) in [4.78, 5) is 219. The summed E-state index contributed by atoms with van der Waals surface area (Å²) in [6, 6.07) is 16.8. The first-order valence-corrected chi connectivity index (χ1v) is 48.7. The molecule has 0 aliphatic rings. The zero-order chi connectivity index (χ0) is 111. The number of primary amides is 3. The molecule has 0 aliphatic carbocycles. The predicted molar refractivity (Wildman–Crippen MR) is 550 cm³/mol. The van der Waals surface area contributed by atoms with Crippen LogP contribution in [0.4, 0.5) is 39.9 Å². The topological polar surface area (TPSA) is 970 Å². The first kappa shape index (κ1) is 140. The molecule has 0 unspecified atom stereocenters. The van der Waals surface area contributed by atoms with Crippen molar-refractivity contribution >= 4 is 214 Å². The molecule has 0 saturated heterocycles. The average Bonchev–Trinajstić information content (AvgIpc) is 0.774. The number of ether oxygens (including phenoxy) is 3. The van der Waals surface area contributed by atoms with Gasteiger partial charge in [-0.2, -0.15) is 13.7 Å². The van der Waals surface area contributed by atoms with Crippen molar-refractivity contribution in [2.24, 2.45) is 17.2 Å². The second kappa shape index (κ2) is 70.3. The summed E-state index contributed by atoms with van der Waals surface area (Å²) in [7, 11) is -4.67. The number of amides is 3. The average molecular weight is 2580 g/mol. The molecule has 69 heteroatoms. The first-order valence-electron chi connectivity index (χ1n) is 38.8. The van der Waals surface area contributed by atoms with Crippen LogP contribution in [-0.2, 0) is 63.3 Å². The monoisotopic (exact) mass is 2570 g/mol. The molecule has 14 heterocycles. The number of anilines is 2. The Morgan fingerprint density at radius 1 is 0.436 bits per heavy atom. The Labute approximate surface area is 908 Å². The third kappa shape index (κ3) is 48.6. The van der Waals surface area contributed by atoms with E-state index in [2.05, 4.69) is 152 Å². The van der Waals surface area contributed by atoms with Gasteiger partial charge in [-0.1, -0.05) is 7.43 Å². The Kier molecular flexibility index (Phi) is 65.9. The normalized spacial score (nSPS) is 9.65. The SMILES string of the molecule is C.CCOC(OCC)OCC.Cc1cc[nH]c(=O)c1[N+](=O)[O-].Cc1ccnc(Br)c1[N+](=O)[O-].Cc1ccnc(C#N)c1[N+](=O)[O-].Cc1ccnc(C(N)=O)c1N.Cc1ccnc(C(N)=O)c1[N+](=O)[O-].Cc1ccnc(N)c1[N+](=O)[O-].Cc1ccnc2c(=O)[nH]cnc12.I.NC(=O)c1ccnc2c(=O)[nH]cnc12.O=C(O)c1ccnc2c(=O)[nH]cnc12.O=C(O)c1ccnc2c(=O)[nH]cnc12.O=P(Br)(Br)Br.O=S(=O)(O)O.[C-]#N.[Cu+].[Fe]. The number of nitro groups is 5. The number of H-pyrrole nitrogens is 5. The fraction of sp³-hybridized carbons (Fsp3) is 0.188. The van der Waals surface area contributed by atoms with Crippen LogP contribution in [0.2, 0.25) is 0 Å². The molecule has 14 rings (SSSR count). The summed E-state index contributed by atoms with van der Waals surface area (Å²) in [6.07, 6.45) is 18.9. The van der Waals surface area contributed by atoms with Gasteiger partial charge in [0, 0.05) is 173 Å². The number of aryl methyl sites for hydroxylation is 7. The molecule has 0 saturated carbocycles. The van der Waals surface area contributed by atoms with E-state index in [-0.39, 0.29) is 177 Å². The number of nitrogen functional groups attached to an aromatic ring is 2. The molecule has 149 heavy (non-hydrogen) atoms. The molecule has 14 aromatic heterocycles. The van der Waals surface area contributed by atoms with Crippen LogP contribution in [0.1, 0.15) is 125 Å². The molecular formula is C80H85Br4CuFeIN30O30PS. The van der Waals surface area contributed by atoms with Crippen LogP contribution in [0.5, 0.6) is 0 Å². The van der Waals surface area contributed by atoms with E-state index < -0.39 is 96.6 Å². The summed E-state index contributed by atoms with van der Waals surface area (Å²) >= 11 is 11.3. The second-order valence-electron chi connectivity index (χ2n) is 26.0. The number of nitrogens with one attached hydrogen (secondary N) is 5. The molecule has 19 N–H and O–H groups in total. The summed E-state index contributed by atoms with van der Waals surface area (Å²) in [6.45, 7) is 23.4. The van der Waals surface area contributed by atoms with Gasteiger partial charge in [0.15, 0.2) is 32.4 Å². The molecule has 0 spiro atoms. The van der Waals surface area contributed by atoms with E-state index in [4.69, 9.17) is 87.7 Å². The predicted octanol–water partition coefficient (Wildman–Crippen LogP) is 10.6. The second-order valence-corrected chi connectivity index (χ2v) is 46.0. The fourth-order valence-electron chi connectivity index (χ4n) is 10.1. The number of carbonyl (C=O) groups excluding carboxylic acids is 3. The minimum atomic E-state index is -4.67. The number of aromatic carboxylic acids is 2. The molecule has 0 radical (unpaired) electrons. The van der Waals surface area contributed by atoms with Crippen molar-refractivity contribution in [1.29, 1.82) is 10.5 Å². The van der Waals surface area contributed by atoms with Gasteiger partial charge in [0.25, 0.3) is 49.7 Å². The van der Waals surface area contributed by atoms with E-state index >= 15 is 0 Å². The van der Waals surface area contributed by atoms with Gasteiger partial charge in [0.1, 0.15) is 22.6 Å². The van der Waals surface area contributed by atoms with Gasteiger partial charge < -0.3 is 89.8 Å². The maximum Gasteiger partial charge on any atom is 1.00 e. The third-order valence-electron chi connectivity index (χ3n) is 16.3. The van der Waals surface area contributed by atoms with Gasteiger partial charge in [-0.15, -0.1) is 24.0 Å². The molecule has 0 atom stereocenters. The molecule has 14 aromatic rings. The quantitative estimate of drug-likeness (QED) is 0.00492. The number of pyridine rings is 10. The Hall–Kier alpha value is -15.5. The Morgan fingerprint density at radius 2 is 0.725 bits per heavy atom. The minimum Gasteiger partial charge on any atom is -0.512 e. The number of nitrogens with zero attached hydrogens (tertiary/aromatic N) is 20. The van der Waals surface area contributed by atoms with Crippen LogP contribution in [0.25, 0.3) is 44.1 Å². The van der Waals surface area contributed by atoms with E-state index in [1.807, 2.05) is 33.8 Å². The Balaban J connectivity index is -0.000000767. The van der Waals surface area contributed by atoms with E-state index in [1.165, 1.54) is 119 Å². The maximum atomic E-state index is 11.2. The number of hydrogen-bond acceptors (Lipinski definition) is 43. The van der Waals surface area contributed by atoms with Crippen LogP contribution in [0, 0.1) is 122 Å². The standard InChI is InChI=1S/C8H6N4O2.2C8H5N3O3.C8H7N3O.C7H7N3O3.C7H5N3O2.C7H9N3O.C7H16O3.C6H5BrN2O2.C6H7N3O2.C6H6N2O3.CN.CH4.Br3OP.Cu.Fe.HI.H2O4S/c9-7(13)4-1-2-10-6-5(4)11-3-12-8(6)14;2*12-7-6-5(10-3-11-7)4(8(13)14)1-2-9-6;1-5-2-3-9-7-6(5)10-4-11-8(7)12;1-4-2-3-9-5(7(8)11)6(4)10(12)13;1-5-2-3-9-6(4-8)7(5)10(11)12;1-4-2-3-10-6(5(4)8)7(9)11;1-4-8-7(9-5-2)10-6-3;2*1-4-2-3-8-6(7)5(4)9(10)11;1-4-2-3-7-6(9)5(4)8(10)11;1-2;;1-5(2,3)4;;;;1-5(2,3)4/h1-3H,(H2,9,13)(H,11,12,14);2*1-3H,(H,13,14)(H,10,11,12);2-4H,1H3,(H,10,11,12);2-3H,1H3,(H2,8,11);2-3H,1H3;2-3H,8H2,1H3,(H2,9,11);7H,4-6H2,1-3H3;2-3H,1H3;2-3H,1H3,(H2,7,8);2-3H,1H3,(H,7,9);;1H4;;;;1H;(H2,1,2,3,4)/q;;;;;;;;;;;-1;;;+1;;;. The zero-order valence-electron chi connectivity index (χ0n) is 77.2. The number of rotatable bonds is 16. The van der Waals surface area contributed by atoms with E-state index in [9.17, 15) is 103 Å². The van der Waals surface area contributed by atoms with Gasteiger partial charge in [-0.05, 0) is 157 Å². The van der Waals surface area contributed by atoms with Crippen molar-refractivity contribution in [3.63, 3.8) is 0 Å². The van der Waals surface area contributed by atoms with Gasteiger partial charge in [0.2, 0.25) is 17.2 Å². The van der Waals surface area contributed by atoms with Crippen LogP contribution in [0.15, 0.2) is 177 Å². The van der Waals surface area contributed by atoms with Crippen LogP contribution in [0.3, 0.4) is 0 Å². The number of fused-ring (bicyclic) bond motifs is 4. The van der Waals surface area contributed by atoms with Crippen molar-refractivity contribution in [1.82, 2.24) is 89.7 Å². The van der Waals surface area contributed by atoms with Crippen LogP contribution < -0.4 is 56.5 Å². The summed E-state index contributed by atoms with van der Waals surface area (Å²) < 4.78 is 54.9. The van der Waals surface area contributed by atoms with Gasteiger partial charge in [-0.25, -0.2) is 74.4 Å². The minimum absolute atomic E-state index is 0. The van der Waals surface area contributed by atoms with E-state index in [1.54, 1.807) is 58.2 Å². The van der Waals surface area contributed by atoms with E-state index in [0.29, 0.717) is 64.4 Å². The number of carbonyl (C=O) groups is 5. The summed E-state index contributed by atoms with van der Waals surface area (Å²) in [5.41, 5.74) is 28.7. The number of nitrogens with two attached hydrogens (primary N) is 5. The van der Waals surface area contributed by atoms with Crippen molar-refractivity contribution < 1.29 is 129 Å². The van der Waals surface area contributed by atoms with Crippen LogP contribution in [-0.4, -0.2) is 198 Å². The molecule has 800 valence electrons. The third-order valence-corrected chi connectivity index (χ3v) is 16.8. The maximum absolute atomic E-state index is 11.2. The molecule has 0 aromatic carbocycles. The smallest absolute Gasteiger partial charge is 0.512 e. The van der Waals surface area contributed by atoms with Gasteiger partial charge in [-0.3, -0.25) is 103 Å². The summed E-state index contributed by atoms with van der Waals surface area (Å²) in [5.74, 6) is -4.40. The summed E-state index contributed by atoms with van der Waals surface area (Å²) in [5, 5.41) is 84.2. The Morgan fingerprint density at radius 3 is 1.01 bits per heavy atom. The van der Waals surface area contributed by atoms with Crippen LogP contribution >= 0.6 is 89.6 Å². The fourth-order valence-corrected chi connectivity index (χ4v) is 10.6. The number of aromatic amines is 5. The largest absolute Gasteiger partial charge is 1.00 e. The number of halogens is 5. The molecule has 0 aliphatic heterocycles. The van der Waals surface area contributed by atoms with Crippen molar-refractivity contribution in [3.05, 3.63) is 334 Å².